The topological polar surface area (TPSA) is 79.8 Å². The highest BCUT2D eigenvalue weighted by molar-refractivity contribution is 6.06. The maximum absolute atomic E-state index is 12.9. The van der Waals surface area contributed by atoms with Gasteiger partial charge in [-0.25, -0.2) is 4.98 Å². The van der Waals surface area contributed by atoms with E-state index in [0.29, 0.717) is 22.9 Å². The Morgan fingerprint density at radius 2 is 1.77 bits per heavy atom. The van der Waals surface area contributed by atoms with Crippen LogP contribution in [0.4, 0.5) is 0 Å². The van der Waals surface area contributed by atoms with Crippen molar-refractivity contribution in [3.63, 3.8) is 0 Å². The third-order valence-electron chi connectivity index (χ3n) is 5.57. The van der Waals surface area contributed by atoms with Gasteiger partial charge in [0.25, 0.3) is 11.5 Å². The number of H-pyrrole nitrogens is 1. The van der Waals surface area contributed by atoms with Crippen LogP contribution in [-0.4, -0.2) is 27.0 Å². The molecule has 6 nitrogen and oxygen atoms in total. The summed E-state index contributed by atoms with van der Waals surface area (Å²) in [4.78, 5) is 33.5. The van der Waals surface area contributed by atoms with Gasteiger partial charge in [-0.3, -0.25) is 9.59 Å². The van der Waals surface area contributed by atoms with Crippen molar-refractivity contribution >= 4 is 27.7 Å². The standard InChI is InChI=1S/C25H28N4O2/c1-17(2)29-16-20(18-10-5-6-11-19(18)25(29)31)24(30)26-15-9-3-4-14-23-27-21-12-7-8-13-22(21)28-23/h5-8,10-13,16-17H,3-4,9,14-15H2,1-2H3,(H,26,30)(H,27,28). The Labute approximate surface area is 181 Å². The van der Waals surface area contributed by atoms with Gasteiger partial charge in [-0.15, -0.1) is 0 Å². The fourth-order valence-electron chi connectivity index (χ4n) is 3.89. The third kappa shape index (κ3) is 4.53. The molecule has 4 aromatic rings. The molecular weight excluding hydrogens is 388 g/mol. The number of amides is 1. The number of carbonyl (C=O) groups is 1. The summed E-state index contributed by atoms with van der Waals surface area (Å²) in [7, 11) is 0. The highest BCUT2D eigenvalue weighted by atomic mass is 16.2. The molecule has 4 rings (SSSR count). The first-order valence-corrected chi connectivity index (χ1v) is 10.9. The summed E-state index contributed by atoms with van der Waals surface area (Å²) >= 11 is 0. The van der Waals surface area contributed by atoms with Crippen molar-refractivity contribution in [3.8, 4) is 0 Å². The number of carbonyl (C=O) groups excluding carboxylic acids is 1. The largest absolute Gasteiger partial charge is 0.352 e. The van der Waals surface area contributed by atoms with Crippen molar-refractivity contribution < 1.29 is 4.79 Å². The highest BCUT2D eigenvalue weighted by Gasteiger charge is 2.15. The van der Waals surface area contributed by atoms with E-state index in [0.717, 1.165) is 42.5 Å². The maximum atomic E-state index is 12.9. The van der Waals surface area contributed by atoms with Gasteiger partial charge in [0.15, 0.2) is 0 Å². The Balaban J connectivity index is 1.33. The molecule has 2 heterocycles. The van der Waals surface area contributed by atoms with Crippen LogP contribution in [0.1, 0.15) is 55.3 Å². The minimum absolute atomic E-state index is 0.0121. The number of imidazole rings is 1. The predicted octanol–water partition coefficient (Wildman–Crippen LogP) is 4.60. The molecule has 0 saturated heterocycles. The van der Waals surface area contributed by atoms with Crippen molar-refractivity contribution in [2.45, 2.75) is 45.6 Å². The van der Waals surface area contributed by atoms with Crippen molar-refractivity contribution in [2.75, 3.05) is 6.54 Å². The third-order valence-corrected chi connectivity index (χ3v) is 5.57. The molecule has 0 radical (unpaired) electrons. The smallest absolute Gasteiger partial charge is 0.258 e. The van der Waals surface area contributed by atoms with Crippen LogP contribution in [0.25, 0.3) is 21.8 Å². The maximum Gasteiger partial charge on any atom is 0.258 e. The number of hydrogen-bond donors (Lipinski definition) is 2. The van der Waals surface area contributed by atoms with E-state index >= 15 is 0 Å². The molecule has 0 fully saturated rings. The van der Waals surface area contributed by atoms with Crippen LogP contribution < -0.4 is 10.9 Å². The second-order valence-corrected chi connectivity index (χ2v) is 8.16. The van der Waals surface area contributed by atoms with E-state index in [4.69, 9.17) is 0 Å². The molecular formula is C25H28N4O2. The Morgan fingerprint density at radius 3 is 2.55 bits per heavy atom. The van der Waals surface area contributed by atoms with E-state index in [9.17, 15) is 9.59 Å². The Morgan fingerprint density at radius 1 is 1.03 bits per heavy atom. The molecule has 0 bridgehead atoms. The van der Waals surface area contributed by atoms with Crippen molar-refractivity contribution in [1.82, 2.24) is 19.9 Å². The van der Waals surface area contributed by atoms with Crippen LogP contribution in [0.3, 0.4) is 0 Å². The number of aryl methyl sites for hydroxylation is 1. The Kier molecular flexibility index (Phi) is 6.16. The van der Waals surface area contributed by atoms with Gasteiger partial charge in [0.05, 0.1) is 16.6 Å². The van der Waals surface area contributed by atoms with E-state index in [1.807, 2.05) is 56.3 Å². The van der Waals surface area contributed by atoms with Crippen molar-refractivity contribution in [1.29, 1.82) is 0 Å². The minimum atomic E-state index is -0.136. The molecule has 2 aromatic heterocycles. The Bertz CT molecular complexity index is 1240. The lowest BCUT2D eigenvalue weighted by molar-refractivity contribution is 0.0953. The van der Waals surface area contributed by atoms with Crippen LogP contribution in [0, 0.1) is 0 Å². The van der Waals surface area contributed by atoms with Gasteiger partial charge in [0.2, 0.25) is 0 Å². The number of rotatable bonds is 8. The summed E-state index contributed by atoms with van der Waals surface area (Å²) in [5, 5.41) is 4.30. The molecule has 2 N–H and O–H groups in total. The summed E-state index contributed by atoms with van der Waals surface area (Å²) in [6.45, 7) is 4.49. The first-order valence-electron chi connectivity index (χ1n) is 10.9. The molecule has 0 aliphatic rings. The van der Waals surface area contributed by atoms with Crippen LogP contribution in [0.15, 0.2) is 59.5 Å². The van der Waals surface area contributed by atoms with Crippen LogP contribution >= 0.6 is 0 Å². The first-order chi connectivity index (χ1) is 15.0. The quantitative estimate of drug-likeness (QED) is 0.412. The first kappa shape index (κ1) is 20.8. The van der Waals surface area contributed by atoms with Crippen molar-refractivity contribution in [3.05, 3.63) is 76.5 Å². The molecule has 160 valence electrons. The molecule has 1 amide bonds. The zero-order chi connectivity index (χ0) is 21.8. The zero-order valence-corrected chi connectivity index (χ0v) is 18.0. The molecule has 0 spiro atoms. The van der Waals surface area contributed by atoms with Crippen LogP contribution in [-0.2, 0) is 6.42 Å². The lowest BCUT2D eigenvalue weighted by atomic mass is 10.1. The van der Waals surface area contributed by atoms with Crippen LogP contribution in [0.5, 0.6) is 0 Å². The monoisotopic (exact) mass is 416 g/mol. The predicted molar refractivity (Wildman–Crippen MR) is 125 cm³/mol. The van der Waals surface area contributed by atoms with Gasteiger partial charge in [0, 0.05) is 36.0 Å². The van der Waals surface area contributed by atoms with E-state index in [-0.39, 0.29) is 17.5 Å². The normalized spacial score (nSPS) is 11.5. The molecule has 0 aliphatic carbocycles. The van der Waals surface area contributed by atoms with Gasteiger partial charge < -0.3 is 14.9 Å². The summed E-state index contributed by atoms with van der Waals surface area (Å²) in [5.41, 5.74) is 2.55. The molecule has 31 heavy (non-hydrogen) atoms. The second kappa shape index (κ2) is 9.16. The van der Waals surface area contributed by atoms with Crippen LogP contribution in [0.2, 0.25) is 0 Å². The SMILES string of the molecule is CC(C)n1cc(C(=O)NCCCCCc2nc3ccccc3[nH]2)c2ccccc2c1=O. The molecule has 6 heteroatoms. The van der Waals surface area contributed by atoms with Gasteiger partial charge in [-0.1, -0.05) is 36.8 Å². The van der Waals surface area contributed by atoms with E-state index in [1.165, 1.54) is 0 Å². The summed E-state index contributed by atoms with van der Waals surface area (Å²) in [6, 6.07) is 15.3. The number of aromatic amines is 1. The van der Waals surface area contributed by atoms with Gasteiger partial charge in [0.1, 0.15) is 5.82 Å². The average Bonchev–Trinajstić information content (AvgIpc) is 3.19. The van der Waals surface area contributed by atoms with Crippen molar-refractivity contribution in [2.24, 2.45) is 0 Å². The highest BCUT2D eigenvalue weighted by Crippen LogP contribution is 2.17. The van der Waals surface area contributed by atoms with Gasteiger partial charge in [-0.2, -0.15) is 0 Å². The number of aromatic nitrogens is 3. The fourth-order valence-corrected chi connectivity index (χ4v) is 3.89. The number of nitrogens with zero attached hydrogens (tertiary/aromatic N) is 2. The number of benzene rings is 2. The Hall–Kier alpha value is -3.41. The van der Waals surface area contributed by atoms with E-state index < -0.39 is 0 Å². The zero-order valence-electron chi connectivity index (χ0n) is 18.0. The summed E-state index contributed by atoms with van der Waals surface area (Å²) in [5.74, 6) is 0.871. The van der Waals surface area contributed by atoms with Gasteiger partial charge in [-0.05, 0) is 44.9 Å². The summed E-state index contributed by atoms with van der Waals surface area (Å²) in [6.07, 6.45) is 5.49. The van der Waals surface area contributed by atoms with E-state index in [1.54, 1.807) is 16.8 Å². The second-order valence-electron chi connectivity index (χ2n) is 8.16. The molecule has 0 saturated carbocycles. The van der Waals surface area contributed by atoms with Gasteiger partial charge >= 0.3 is 0 Å². The minimum Gasteiger partial charge on any atom is -0.352 e. The lowest BCUT2D eigenvalue weighted by Gasteiger charge is -2.15. The fraction of sp³-hybridized carbons (Fsp3) is 0.320. The number of unbranched alkanes of at least 4 members (excludes halogenated alkanes) is 2. The number of para-hydroxylation sites is 2. The number of nitrogens with one attached hydrogen (secondary N) is 2. The van der Waals surface area contributed by atoms with E-state index in [2.05, 4.69) is 15.3 Å². The number of pyridine rings is 1. The number of hydrogen-bond acceptors (Lipinski definition) is 3. The summed E-state index contributed by atoms with van der Waals surface area (Å²) < 4.78 is 1.63. The number of fused-ring (bicyclic) bond motifs is 2. The molecule has 0 unspecified atom stereocenters. The molecule has 0 atom stereocenters. The molecule has 2 aromatic carbocycles. The molecule has 0 aliphatic heterocycles. The lowest BCUT2D eigenvalue weighted by Crippen LogP contribution is -2.29. The average molecular weight is 417 g/mol.